The van der Waals surface area contributed by atoms with E-state index >= 15 is 0 Å². The summed E-state index contributed by atoms with van der Waals surface area (Å²) in [6.45, 7) is 0. The lowest BCUT2D eigenvalue weighted by atomic mass is 10.2. The van der Waals surface area contributed by atoms with Gasteiger partial charge in [0, 0.05) is 0 Å². The first-order valence-electron chi connectivity index (χ1n) is 6.15. The van der Waals surface area contributed by atoms with E-state index in [9.17, 15) is 26.7 Å². The van der Waals surface area contributed by atoms with Crippen LogP contribution < -0.4 is 0 Å². The summed E-state index contributed by atoms with van der Waals surface area (Å²) in [5.41, 5.74) is -1.88. The lowest BCUT2D eigenvalue weighted by Crippen LogP contribution is -2.38. The van der Waals surface area contributed by atoms with Gasteiger partial charge in [-0.15, -0.1) is 11.8 Å². The van der Waals surface area contributed by atoms with Crippen molar-refractivity contribution in [2.24, 2.45) is 0 Å². The van der Waals surface area contributed by atoms with Crippen molar-refractivity contribution in [3.63, 3.8) is 0 Å². The number of alkyl halides is 2. The van der Waals surface area contributed by atoms with Crippen LogP contribution >= 0.6 is 11.8 Å². The van der Waals surface area contributed by atoms with Gasteiger partial charge in [-0.25, -0.2) is 13.2 Å². The minimum Gasteiger partial charge on any atom is -0.265 e. The van der Waals surface area contributed by atoms with Crippen LogP contribution in [-0.2, 0) is 10.9 Å². The molecule has 0 saturated heterocycles. The molecule has 6 nitrogen and oxygen atoms in total. The number of halogens is 5. The maximum atomic E-state index is 14.1. The zero-order valence-electron chi connectivity index (χ0n) is 11.9. The minimum absolute atomic E-state index is 0.212. The highest BCUT2D eigenvalue weighted by atomic mass is 32.2. The molecule has 0 saturated carbocycles. The Kier molecular flexibility index (Phi) is 5.39. The molecule has 0 bridgehead atoms. The topological polar surface area (TPSA) is 71.1 Å². The fourth-order valence-electron chi connectivity index (χ4n) is 1.61. The molecule has 24 heavy (non-hydrogen) atoms. The van der Waals surface area contributed by atoms with Crippen molar-refractivity contribution in [1.82, 2.24) is 20.5 Å². The van der Waals surface area contributed by atoms with Crippen LogP contribution in [0.5, 0.6) is 0 Å². The number of hydrogen-bond donors (Lipinski definition) is 1. The lowest BCUT2D eigenvalue weighted by molar-refractivity contribution is -0.341. The molecule has 0 fully saturated rings. The first kappa shape index (κ1) is 18.1. The summed E-state index contributed by atoms with van der Waals surface area (Å²) in [6.07, 6.45) is -1.98. The molecule has 1 heterocycles. The van der Waals surface area contributed by atoms with Gasteiger partial charge in [0.25, 0.3) is 0 Å². The number of thioether (sulfide) groups is 1. The average molecular weight is 368 g/mol. The zero-order chi connectivity index (χ0) is 17.9. The summed E-state index contributed by atoms with van der Waals surface area (Å²) in [5, 5.41) is 9.10. The van der Waals surface area contributed by atoms with Crippen molar-refractivity contribution in [3.05, 3.63) is 47.0 Å². The van der Waals surface area contributed by atoms with E-state index in [-0.39, 0.29) is 16.6 Å². The van der Waals surface area contributed by atoms with Crippen molar-refractivity contribution in [2.45, 2.75) is 6.11 Å². The smallest absolute Gasteiger partial charge is 0.265 e. The summed E-state index contributed by atoms with van der Waals surface area (Å²) in [5.74, 6) is -7.27. The highest BCUT2D eigenvalue weighted by Gasteiger charge is 2.42. The quantitative estimate of drug-likeness (QED) is 0.367. The van der Waals surface area contributed by atoms with Crippen LogP contribution in [0.2, 0.25) is 0 Å². The number of hydrogen-bond acceptors (Lipinski definition) is 5. The fraction of sp³-hybridized carbons (Fsp3) is 0.250. The van der Waals surface area contributed by atoms with Gasteiger partial charge in [-0.3, -0.25) is 4.79 Å². The standard InChI is InChI=1S/C12H9F5N4O2S/c1-24-5-21(11(22)8-4-18-20-19-8)23-12(16,17)6-2-3-7(13)10(15)9(6)14/h2-4H,5H2,1H3,(H,18,19,20). The predicted molar refractivity (Wildman–Crippen MR) is 72.2 cm³/mol. The third-order valence-corrected chi connectivity index (χ3v) is 3.17. The first-order valence-corrected chi connectivity index (χ1v) is 7.54. The van der Waals surface area contributed by atoms with Crippen LogP contribution in [0.15, 0.2) is 18.3 Å². The molecule has 12 heteroatoms. The molecule has 0 aliphatic heterocycles. The van der Waals surface area contributed by atoms with Gasteiger partial charge in [0.2, 0.25) is 0 Å². The second-order valence-corrected chi connectivity index (χ2v) is 5.12. The third kappa shape index (κ3) is 3.64. The largest absolute Gasteiger partial charge is 0.405 e. The molecule has 0 radical (unpaired) electrons. The van der Waals surface area contributed by atoms with Gasteiger partial charge in [-0.05, 0) is 18.4 Å². The first-order chi connectivity index (χ1) is 11.3. The second-order valence-electron chi connectivity index (χ2n) is 4.29. The number of benzene rings is 1. The highest BCUT2D eigenvalue weighted by molar-refractivity contribution is 7.98. The molecule has 1 aromatic heterocycles. The molecule has 2 aromatic rings. The average Bonchev–Trinajstić information content (AvgIpc) is 3.05. The summed E-state index contributed by atoms with van der Waals surface area (Å²) >= 11 is 0.942. The Balaban J connectivity index is 2.30. The number of hydroxylamine groups is 2. The maximum absolute atomic E-state index is 14.1. The normalized spacial score (nSPS) is 11.6. The molecule has 1 aromatic carbocycles. The van der Waals surface area contributed by atoms with Crippen LogP contribution in [0.4, 0.5) is 22.0 Å². The SMILES string of the molecule is CSCN(OC(F)(F)c1ccc(F)c(F)c1F)C(=O)c1cn[nH]n1. The van der Waals surface area contributed by atoms with E-state index < -0.39 is 35.0 Å². The van der Waals surface area contributed by atoms with Crippen molar-refractivity contribution in [1.29, 1.82) is 0 Å². The summed E-state index contributed by atoms with van der Waals surface area (Å²) in [4.78, 5) is 16.3. The van der Waals surface area contributed by atoms with Gasteiger partial charge < -0.3 is 0 Å². The Hall–Kier alpha value is -2.21. The van der Waals surface area contributed by atoms with Crippen LogP contribution in [0.1, 0.15) is 16.1 Å². The van der Waals surface area contributed by atoms with E-state index in [0.717, 1.165) is 18.0 Å². The number of nitrogens with one attached hydrogen (secondary N) is 1. The predicted octanol–water partition coefficient (Wildman–Crippen LogP) is 2.67. The Morgan fingerprint density at radius 1 is 1.33 bits per heavy atom. The minimum atomic E-state index is -4.44. The van der Waals surface area contributed by atoms with E-state index in [2.05, 4.69) is 20.2 Å². The number of aromatic nitrogens is 3. The van der Waals surface area contributed by atoms with Crippen LogP contribution in [-0.4, -0.2) is 38.5 Å². The van der Waals surface area contributed by atoms with Crippen molar-refractivity contribution in [3.8, 4) is 0 Å². The summed E-state index contributed by atoms with van der Waals surface area (Å²) < 4.78 is 67.8. The Bertz CT molecular complexity index is 728. The lowest BCUT2D eigenvalue weighted by Gasteiger charge is -2.25. The third-order valence-electron chi connectivity index (χ3n) is 2.68. The van der Waals surface area contributed by atoms with Gasteiger partial charge in [0.15, 0.2) is 23.1 Å². The zero-order valence-corrected chi connectivity index (χ0v) is 12.7. The van der Waals surface area contributed by atoms with Crippen molar-refractivity contribution >= 4 is 17.7 Å². The van der Waals surface area contributed by atoms with Gasteiger partial charge in [0.1, 0.15) is 0 Å². The van der Waals surface area contributed by atoms with Gasteiger partial charge in [-0.2, -0.15) is 34.1 Å². The molecule has 0 spiro atoms. The number of rotatable bonds is 6. The molecule has 130 valence electrons. The monoisotopic (exact) mass is 368 g/mol. The number of H-pyrrole nitrogens is 1. The van der Waals surface area contributed by atoms with Gasteiger partial charge >= 0.3 is 12.0 Å². The summed E-state index contributed by atoms with van der Waals surface area (Å²) in [6, 6.07) is 0.648. The molecule has 0 atom stereocenters. The Morgan fingerprint density at radius 2 is 2.04 bits per heavy atom. The number of carbonyl (C=O) groups is 1. The van der Waals surface area contributed by atoms with Crippen LogP contribution in [0.3, 0.4) is 0 Å². The molecule has 1 amide bonds. The van der Waals surface area contributed by atoms with Crippen LogP contribution in [0, 0.1) is 17.5 Å². The Morgan fingerprint density at radius 3 is 2.62 bits per heavy atom. The molecule has 0 aliphatic rings. The van der Waals surface area contributed by atoms with E-state index in [1.165, 1.54) is 6.26 Å². The molecule has 0 unspecified atom stereocenters. The number of carbonyl (C=O) groups excluding carboxylic acids is 1. The molecular weight excluding hydrogens is 359 g/mol. The van der Waals surface area contributed by atoms with Gasteiger partial charge in [-0.1, -0.05) is 0 Å². The number of aromatic amines is 1. The van der Waals surface area contributed by atoms with Crippen LogP contribution in [0.25, 0.3) is 0 Å². The Labute approximate surface area is 135 Å². The van der Waals surface area contributed by atoms with Crippen molar-refractivity contribution < 1.29 is 31.6 Å². The maximum Gasteiger partial charge on any atom is 0.405 e. The van der Waals surface area contributed by atoms with Crippen molar-refractivity contribution in [2.75, 3.05) is 12.1 Å². The second kappa shape index (κ2) is 7.13. The molecule has 2 rings (SSSR count). The fourth-order valence-corrected chi connectivity index (χ4v) is 2.02. The highest BCUT2D eigenvalue weighted by Crippen LogP contribution is 2.34. The number of amides is 1. The van der Waals surface area contributed by atoms with Gasteiger partial charge in [0.05, 0.1) is 17.6 Å². The molecule has 1 N–H and O–H groups in total. The number of nitrogens with zero attached hydrogens (tertiary/aromatic N) is 3. The van der Waals surface area contributed by atoms with E-state index in [4.69, 9.17) is 0 Å². The molecule has 0 aliphatic carbocycles. The van der Waals surface area contributed by atoms with E-state index in [1.807, 2.05) is 0 Å². The van der Waals surface area contributed by atoms with E-state index in [0.29, 0.717) is 12.1 Å². The molecular formula is C12H9F5N4O2S. The summed E-state index contributed by atoms with van der Waals surface area (Å²) in [7, 11) is 0. The van der Waals surface area contributed by atoms with E-state index in [1.54, 1.807) is 0 Å².